The minimum absolute atomic E-state index is 0.0725. The fourth-order valence-corrected chi connectivity index (χ4v) is 3.53. The van der Waals surface area contributed by atoms with Crippen molar-refractivity contribution in [2.75, 3.05) is 16.8 Å². The number of hydrogen-bond donors (Lipinski definition) is 2. The summed E-state index contributed by atoms with van der Waals surface area (Å²) < 4.78 is 22.5. The number of benzene rings is 1. The van der Waals surface area contributed by atoms with Crippen molar-refractivity contribution in [3.8, 4) is 5.75 Å². The zero-order valence-electron chi connectivity index (χ0n) is 9.09. The molecule has 1 atom stereocenters. The summed E-state index contributed by atoms with van der Waals surface area (Å²) >= 11 is 0. The molecule has 1 unspecified atom stereocenters. The zero-order valence-corrected chi connectivity index (χ0v) is 9.90. The maximum absolute atomic E-state index is 11.7. The van der Waals surface area contributed by atoms with Gasteiger partial charge in [0.15, 0.2) is 9.84 Å². The maximum Gasteiger partial charge on any atom is 0.228 e. The lowest BCUT2D eigenvalue weighted by Crippen LogP contribution is -2.23. The highest BCUT2D eigenvalue weighted by molar-refractivity contribution is 7.91. The molecular weight excluding hydrogens is 242 g/mol. The molecule has 0 aromatic heterocycles. The third-order valence-electron chi connectivity index (χ3n) is 2.74. The van der Waals surface area contributed by atoms with Crippen LogP contribution in [0, 0.1) is 5.92 Å². The van der Waals surface area contributed by atoms with E-state index in [1.54, 1.807) is 12.1 Å². The van der Waals surface area contributed by atoms with Gasteiger partial charge in [-0.2, -0.15) is 0 Å². The SMILES string of the molecule is O=C(Nc1ccc(O)cc1)C1CCS(=O)(=O)C1. The molecule has 0 aliphatic carbocycles. The van der Waals surface area contributed by atoms with Gasteiger partial charge in [0.2, 0.25) is 5.91 Å². The molecule has 5 nitrogen and oxygen atoms in total. The highest BCUT2D eigenvalue weighted by atomic mass is 32.2. The Morgan fingerprint density at radius 3 is 2.47 bits per heavy atom. The fraction of sp³-hybridized carbons (Fsp3) is 0.364. The van der Waals surface area contributed by atoms with Crippen LogP contribution in [0.1, 0.15) is 6.42 Å². The molecule has 2 N–H and O–H groups in total. The Balaban J connectivity index is 2.01. The summed E-state index contributed by atoms with van der Waals surface area (Å²) in [6.45, 7) is 0. The molecule has 0 saturated carbocycles. The van der Waals surface area contributed by atoms with Crippen LogP contribution < -0.4 is 5.32 Å². The van der Waals surface area contributed by atoms with E-state index in [-0.39, 0.29) is 23.2 Å². The molecule has 6 heteroatoms. The summed E-state index contributed by atoms with van der Waals surface area (Å²) in [6.07, 6.45) is 0.381. The van der Waals surface area contributed by atoms with E-state index in [0.717, 1.165) is 0 Å². The Hall–Kier alpha value is -1.56. The number of phenolic OH excluding ortho intramolecular Hbond substituents is 1. The Morgan fingerprint density at radius 2 is 1.94 bits per heavy atom. The Bertz CT molecular complexity index is 521. The van der Waals surface area contributed by atoms with Gasteiger partial charge in [-0.3, -0.25) is 4.79 Å². The van der Waals surface area contributed by atoms with Crippen molar-refractivity contribution in [2.24, 2.45) is 5.92 Å². The number of carbonyl (C=O) groups is 1. The quantitative estimate of drug-likeness (QED) is 0.764. The van der Waals surface area contributed by atoms with E-state index in [0.29, 0.717) is 12.1 Å². The van der Waals surface area contributed by atoms with Crippen LogP contribution in [0.25, 0.3) is 0 Å². The fourth-order valence-electron chi connectivity index (χ4n) is 1.79. The van der Waals surface area contributed by atoms with Crippen molar-refractivity contribution in [3.63, 3.8) is 0 Å². The number of aromatic hydroxyl groups is 1. The van der Waals surface area contributed by atoms with E-state index in [9.17, 15) is 13.2 Å². The van der Waals surface area contributed by atoms with Gasteiger partial charge in [0.1, 0.15) is 5.75 Å². The molecule has 0 bridgehead atoms. The first-order valence-electron chi connectivity index (χ1n) is 5.26. The van der Waals surface area contributed by atoms with Gasteiger partial charge in [-0.25, -0.2) is 8.42 Å². The number of amides is 1. The van der Waals surface area contributed by atoms with E-state index in [4.69, 9.17) is 5.11 Å². The summed E-state index contributed by atoms with van der Waals surface area (Å²) in [5.41, 5.74) is 0.553. The number of hydrogen-bond acceptors (Lipinski definition) is 4. The van der Waals surface area contributed by atoms with E-state index in [1.807, 2.05) is 0 Å². The van der Waals surface area contributed by atoms with Gasteiger partial charge in [-0.1, -0.05) is 0 Å². The summed E-state index contributed by atoms with van der Waals surface area (Å²) in [5, 5.41) is 11.7. The maximum atomic E-state index is 11.7. The van der Waals surface area contributed by atoms with E-state index >= 15 is 0 Å². The van der Waals surface area contributed by atoms with Crippen LogP contribution in [0.5, 0.6) is 5.75 Å². The van der Waals surface area contributed by atoms with Crippen LogP contribution in [0.4, 0.5) is 5.69 Å². The summed E-state index contributed by atoms with van der Waals surface area (Å²) in [6, 6.07) is 6.05. The minimum Gasteiger partial charge on any atom is -0.508 e. The standard InChI is InChI=1S/C11H13NO4S/c13-10-3-1-9(2-4-10)12-11(14)8-5-6-17(15,16)7-8/h1-4,8,13H,5-7H2,(H,12,14). The number of nitrogens with one attached hydrogen (secondary N) is 1. The molecule has 1 aliphatic rings. The van der Waals surface area contributed by atoms with Crippen LogP contribution >= 0.6 is 0 Å². The van der Waals surface area contributed by atoms with Gasteiger partial charge >= 0.3 is 0 Å². The molecule has 1 fully saturated rings. The van der Waals surface area contributed by atoms with Crippen LogP contribution in [-0.4, -0.2) is 30.9 Å². The molecule has 17 heavy (non-hydrogen) atoms. The topological polar surface area (TPSA) is 83.5 Å². The average Bonchev–Trinajstić information content (AvgIpc) is 2.62. The van der Waals surface area contributed by atoms with E-state index in [2.05, 4.69) is 5.32 Å². The number of phenols is 1. The molecule has 0 radical (unpaired) electrons. The minimum atomic E-state index is -3.04. The molecule has 1 saturated heterocycles. The first-order valence-corrected chi connectivity index (χ1v) is 7.09. The molecule has 92 valence electrons. The van der Waals surface area contributed by atoms with Gasteiger partial charge < -0.3 is 10.4 Å². The zero-order chi connectivity index (χ0) is 12.5. The summed E-state index contributed by atoms with van der Waals surface area (Å²) in [4.78, 5) is 11.7. The third kappa shape index (κ3) is 2.97. The molecule has 1 amide bonds. The monoisotopic (exact) mass is 255 g/mol. The number of carbonyl (C=O) groups excluding carboxylic acids is 1. The lowest BCUT2D eigenvalue weighted by atomic mass is 10.1. The molecule has 2 rings (SSSR count). The Labute approximate surface area is 99.4 Å². The van der Waals surface area contributed by atoms with Crippen LogP contribution in [-0.2, 0) is 14.6 Å². The average molecular weight is 255 g/mol. The first-order chi connectivity index (χ1) is 7.96. The van der Waals surface area contributed by atoms with E-state index < -0.39 is 15.8 Å². The normalized spacial score (nSPS) is 22.2. The van der Waals surface area contributed by atoms with Crippen molar-refractivity contribution >= 4 is 21.4 Å². The van der Waals surface area contributed by atoms with Gasteiger partial charge in [0.25, 0.3) is 0 Å². The van der Waals surface area contributed by atoms with Crippen molar-refractivity contribution in [1.82, 2.24) is 0 Å². The van der Waals surface area contributed by atoms with Gasteiger partial charge in [-0.05, 0) is 30.7 Å². The highest BCUT2D eigenvalue weighted by Crippen LogP contribution is 2.21. The predicted molar refractivity (Wildman–Crippen MR) is 63.5 cm³/mol. The molecule has 1 heterocycles. The lowest BCUT2D eigenvalue weighted by Gasteiger charge is -2.09. The van der Waals surface area contributed by atoms with Crippen molar-refractivity contribution in [1.29, 1.82) is 0 Å². The van der Waals surface area contributed by atoms with Crippen LogP contribution in [0.15, 0.2) is 24.3 Å². The van der Waals surface area contributed by atoms with Crippen molar-refractivity contribution < 1.29 is 18.3 Å². The largest absolute Gasteiger partial charge is 0.508 e. The second kappa shape index (κ2) is 4.37. The van der Waals surface area contributed by atoms with Gasteiger partial charge in [0.05, 0.1) is 17.4 Å². The number of anilines is 1. The Morgan fingerprint density at radius 1 is 1.29 bits per heavy atom. The summed E-state index contributed by atoms with van der Waals surface area (Å²) in [7, 11) is -3.04. The van der Waals surface area contributed by atoms with E-state index in [1.165, 1.54) is 12.1 Å². The van der Waals surface area contributed by atoms with Crippen LogP contribution in [0.2, 0.25) is 0 Å². The smallest absolute Gasteiger partial charge is 0.228 e. The molecule has 0 spiro atoms. The van der Waals surface area contributed by atoms with Crippen molar-refractivity contribution in [2.45, 2.75) is 6.42 Å². The highest BCUT2D eigenvalue weighted by Gasteiger charge is 2.32. The first kappa shape index (κ1) is 11.9. The van der Waals surface area contributed by atoms with Gasteiger partial charge in [0, 0.05) is 5.69 Å². The van der Waals surface area contributed by atoms with Crippen molar-refractivity contribution in [3.05, 3.63) is 24.3 Å². The molecule has 1 aromatic carbocycles. The lowest BCUT2D eigenvalue weighted by molar-refractivity contribution is -0.119. The number of rotatable bonds is 2. The summed E-state index contributed by atoms with van der Waals surface area (Å²) in [5.74, 6) is -0.616. The van der Waals surface area contributed by atoms with Crippen LogP contribution in [0.3, 0.4) is 0 Å². The second-order valence-corrected chi connectivity index (χ2v) is 6.36. The number of sulfone groups is 1. The molecule has 1 aromatic rings. The second-order valence-electron chi connectivity index (χ2n) is 4.14. The molecule has 1 aliphatic heterocycles. The molecular formula is C11H13NO4S. The Kier molecular flexibility index (Phi) is 3.06. The van der Waals surface area contributed by atoms with Gasteiger partial charge in [-0.15, -0.1) is 0 Å². The predicted octanol–water partition coefficient (Wildman–Crippen LogP) is 0.765. The third-order valence-corrected chi connectivity index (χ3v) is 4.51.